The molecule has 1 aliphatic heterocycles. The molecule has 0 bridgehead atoms. The van der Waals surface area contributed by atoms with Crippen LogP contribution in [0.1, 0.15) is 0 Å². The molecule has 1 saturated heterocycles. The van der Waals surface area contributed by atoms with Gasteiger partial charge >= 0.3 is 6.09 Å². The largest absolute Gasteiger partial charge is 0.453 e. The van der Waals surface area contributed by atoms with Crippen molar-refractivity contribution in [1.29, 1.82) is 0 Å². The van der Waals surface area contributed by atoms with Gasteiger partial charge in [0, 0.05) is 36.3 Å². The summed E-state index contributed by atoms with van der Waals surface area (Å²) in [6.45, 7) is 3.11. The van der Waals surface area contributed by atoms with Crippen molar-refractivity contribution in [1.82, 2.24) is 4.90 Å². The highest BCUT2D eigenvalue weighted by molar-refractivity contribution is 9.10. The molecule has 0 N–H and O–H groups in total. The minimum absolute atomic E-state index is 0.236. The van der Waals surface area contributed by atoms with Crippen molar-refractivity contribution in [2.75, 3.05) is 38.2 Å². The third-order valence-corrected chi connectivity index (χ3v) is 3.43. The zero-order chi connectivity index (χ0) is 12.3. The fourth-order valence-corrected chi connectivity index (χ4v) is 2.19. The maximum absolute atomic E-state index is 11.3. The van der Waals surface area contributed by atoms with Crippen LogP contribution in [0.3, 0.4) is 0 Å². The summed E-state index contributed by atoms with van der Waals surface area (Å²) in [7, 11) is 1.42. The molecule has 0 saturated carbocycles. The maximum Gasteiger partial charge on any atom is 0.409 e. The van der Waals surface area contributed by atoms with Crippen LogP contribution in [-0.2, 0) is 4.74 Å². The second-order valence-electron chi connectivity index (χ2n) is 3.92. The molecule has 0 unspecified atom stereocenters. The highest BCUT2D eigenvalue weighted by Crippen LogP contribution is 2.19. The summed E-state index contributed by atoms with van der Waals surface area (Å²) < 4.78 is 5.79. The zero-order valence-electron chi connectivity index (χ0n) is 9.73. The number of hydrogen-bond donors (Lipinski definition) is 0. The van der Waals surface area contributed by atoms with E-state index >= 15 is 0 Å². The lowest BCUT2D eigenvalue weighted by atomic mass is 10.2. The maximum atomic E-state index is 11.3. The SMILES string of the molecule is COC(=O)N1CCN(c2ccc(Br)cc2)CC1. The fraction of sp³-hybridized carbons (Fsp3) is 0.417. The molecule has 1 fully saturated rings. The first-order valence-corrected chi connectivity index (χ1v) is 6.33. The lowest BCUT2D eigenvalue weighted by molar-refractivity contribution is 0.121. The van der Waals surface area contributed by atoms with E-state index in [9.17, 15) is 4.79 Å². The van der Waals surface area contributed by atoms with Crippen LogP contribution >= 0.6 is 15.9 Å². The first-order valence-electron chi connectivity index (χ1n) is 5.54. The van der Waals surface area contributed by atoms with E-state index in [2.05, 4.69) is 33.0 Å². The lowest BCUT2D eigenvalue weighted by Gasteiger charge is -2.35. The average molecular weight is 299 g/mol. The summed E-state index contributed by atoms with van der Waals surface area (Å²) in [5, 5.41) is 0. The Morgan fingerprint density at radius 2 is 1.76 bits per heavy atom. The van der Waals surface area contributed by atoms with E-state index in [1.807, 2.05) is 12.1 Å². The fourth-order valence-electron chi connectivity index (χ4n) is 1.93. The minimum Gasteiger partial charge on any atom is -0.453 e. The third-order valence-electron chi connectivity index (χ3n) is 2.90. The predicted octanol–water partition coefficient (Wildman–Crippen LogP) is 2.34. The molecule has 1 aromatic rings. The number of halogens is 1. The van der Waals surface area contributed by atoms with Gasteiger partial charge in [0.1, 0.15) is 0 Å². The Morgan fingerprint density at radius 3 is 2.29 bits per heavy atom. The van der Waals surface area contributed by atoms with E-state index in [0.717, 1.165) is 17.6 Å². The molecule has 4 nitrogen and oxygen atoms in total. The van der Waals surface area contributed by atoms with Crippen LogP contribution in [0.25, 0.3) is 0 Å². The van der Waals surface area contributed by atoms with Gasteiger partial charge in [0.05, 0.1) is 7.11 Å². The number of nitrogens with zero attached hydrogens (tertiary/aromatic N) is 2. The number of amides is 1. The molecule has 1 aromatic carbocycles. The van der Waals surface area contributed by atoms with Crippen LogP contribution in [-0.4, -0.2) is 44.3 Å². The van der Waals surface area contributed by atoms with Crippen molar-refractivity contribution >= 4 is 27.7 Å². The van der Waals surface area contributed by atoms with Gasteiger partial charge in [-0.05, 0) is 24.3 Å². The number of rotatable bonds is 1. The molecule has 5 heteroatoms. The van der Waals surface area contributed by atoms with E-state index in [4.69, 9.17) is 4.74 Å². The van der Waals surface area contributed by atoms with E-state index in [1.165, 1.54) is 12.8 Å². The van der Waals surface area contributed by atoms with Crippen molar-refractivity contribution in [3.05, 3.63) is 28.7 Å². The van der Waals surface area contributed by atoms with Crippen LogP contribution in [0.4, 0.5) is 10.5 Å². The van der Waals surface area contributed by atoms with Crippen LogP contribution in [0, 0.1) is 0 Å². The topological polar surface area (TPSA) is 32.8 Å². The molecule has 0 aromatic heterocycles. The molecule has 0 radical (unpaired) electrons. The van der Waals surface area contributed by atoms with Crippen LogP contribution < -0.4 is 4.90 Å². The van der Waals surface area contributed by atoms with Gasteiger partial charge in [0.25, 0.3) is 0 Å². The van der Waals surface area contributed by atoms with Crippen molar-refractivity contribution < 1.29 is 9.53 Å². The molecule has 2 rings (SSSR count). The number of piperazine rings is 1. The molecule has 92 valence electrons. The van der Waals surface area contributed by atoms with Gasteiger partial charge < -0.3 is 14.5 Å². The Kier molecular flexibility index (Phi) is 3.89. The predicted molar refractivity (Wildman–Crippen MR) is 70.3 cm³/mol. The molecule has 1 aliphatic rings. The standard InChI is InChI=1S/C12H15BrN2O2/c1-17-12(16)15-8-6-14(7-9-15)11-4-2-10(13)3-5-11/h2-5H,6-9H2,1H3. The number of anilines is 1. The molecule has 1 heterocycles. The monoisotopic (exact) mass is 298 g/mol. The highest BCUT2D eigenvalue weighted by atomic mass is 79.9. The lowest BCUT2D eigenvalue weighted by Crippen LogP contribution is -2.48. The van der Waals surface area contributed by atoms with Gasteiger partial charge in [-0.25, -0.2) is 4.79 Å². The van der Waals surface area contributed by atoms with Gasteiger partial charge in [0.2, 0.25) is 0 Å². The van der Waals surface area contributed by atoms with Gasteiger partial charge in [0.15, 0.2) is 0 Å². The smallest absolute Gasteiger partial charge is 0.409 e. The van der Waals surface area contributed by atoms with Crippen molar-refractivity contribution in [3.8, 4) is 0 Å². The number of ether oxygens (including phenoxy) is 1. The summed E-state index contributed by atoms with van der Waals surface area (Å²) in [6.07, 6.45) is -0.236. The summed E-state index contributed by atoms with van der Waals surface area (Å²) in [4.78, 5) is 15.3. The molecule has 1 amide bonds. The Hall–Kier alpha value is -1.23. The van der Waals surface area contributed by atoms with Crippen molar-refractivity contribution in [2.45, 2.75) is 0 Å². The minimum atomic E-state index is -0.236. The van der Waals surface area contributed by atoms with Gasteiger partial charge in [-0.2, -0.15) is 0 Å². The Balaban J connectivity index is 1.95. The molecule has 0 aliphatic carbocycles. The molecule has 17 heavy (non-hydrogen) atoms. The highest BCUT2D eigenvalue weighted by Gasteiger charge is 2.21. The second-order valence-corrected chi connectivity index (χ2v) is 4.84. The van der Waals surface area contributed by atoms with Crippen molar-refractivity contribution in [2.24, 2.45) is 0 Å². The van der Waals surface area contributed by atoms with E-state index < -0.39 is 0 Å². The Bertz CT molecular complexity index is 386. The number of carbonyl (C=O) groups is 1. The number of methoxy groups -OCH3 is 1. The van der Waals surface area contributed by atoms with Crippen molar-refractivity contribution in [3.63, 3.8) is 0 Å². The van der Waals surface area contributed by atoms with Crippen LogP contribution in [0.2, 0.25) is 0 Å². The Morgan fingerprint density at radius 1 is 1.18 bits per heavy atom. The zero-order valence-corrected chi connectivity index (χ0v) is 11.3. The Labute approximate surface area is 109 Å². The summed E-state index contributed by atoms with van der Waals surface area (Å²) in [6, 6.07) is 8.22. The molecular formula is C12H15BrN2O2. The quantitative estimate of drug-likeness (QED) is 0.798. The van der Waals surface area contributed by atoms with Gasteiger partial charge in [-0.3, -0.25) is 0 Å². The first kappa shape index (κ1) is 12.2. The molecular weight excluding hydrogens is 284 g/mol. The first-order chi connectivity index (χ1) is 8.20. The molecule has 0 spiro atoms. The second kappa shape index (κ2) is 5.40. The van der Waals surface area contributed by atoms with Gasteiger partial charge in [-0.1, -0.05) is 15.9 Å². The van der Waals surface area contributed by atoms with E-state index in [0.29, 0.717) is 13.1 Å². The average Bonchev–Trinajstić information content (AvgIpc) is 2.39. The molecule has 0 atom stereocenters. The summed E-state index contributed by atoms with van der Waals surface area (Å²) in [5.41, 5.74) is 1.19. The normalized spacial score (nSPS) is 15.9. The third kappa shape index (κ3) is 2.91. The van der Waals surface area contributed by atoms with Gasteiger partial charge in [-0.15, -0.1) is 0 Å². The van der Waals surface area contributed by atoms with E-state index in [1.54, 1.807) is 4.90 Å². The summed E-state index contributed by atoms with van der Waals surface area (Å²) >= 11 is 3.42. The number of benzene rings is 1. The van der Waals surface area contributed by atoms with E-state index in [-0.39, 0.29) is 6.09 Å². The number of hydrogen-bond acceptors (Lipinski definition) is 3. The number of carbonyl (C=O) groups excluding carboxylic acids is 1. The van der Waals surface area contributed by atoms with Crippen LogP contribution in [0.5, 0.6) is 0 Å². The summed E-state index contributed by atoms with van der Waals surface area (Å²) in [5.74, 6) is 0. The van der Waals surface area contributed by atoms with Crippen LogP contribution in [0.15, 0.2) is 28.7 Å².